The summed E-state index contributed by atoms with van der Waals surface area (Å²) < 4.78 is 5.70. The molecule has 0 bridgehead atoms. The SMILES string of the molecule is O=C(O)c1cc(Cc2ccccc2)ccc1Oc1ccccc1. The molecule has 0 unspecified atom stereocenters. The Bertz CT molecular complexity index is 796. The Morgan fingerprint density at radius 1 is 0.826 bits per heavy atom. The van der Waals surface area contributed by atoms with E-state index in [2.05, 4.69) is 0 Å². The first-order valence-electron chi connectivity index (χ1n) is 7.35. The predicted octanol–water partition coefficient (Wildman–Crippen LogP) is 4.77. The first kappa shape index (κ1) is 14.9. The van der Waals surface area contributed by atoms with Crippen LogP contribution in [0.1, 0.15) is 21.5 Å². The van der Waals surface area contributed by atoms with Crippen molar-refractivity contribution < 1.29 is 14.6 Å². The molecule has 0 aliphatic carbocycles. The molecule has 0 fully saturated rings. The van der Waals surface area contributed by atoms with E-state index in [1.807, 2.05) is 54.6 Å². The van der Waals surface area contributed by atoms with Crippen LogP contribution in [-0.2, 0) is 6.42 Å². The highest BCUT2D eigenvalue weighted by molar-refractivity contribution is 5.91. The molecule has 1 N–H and O–H groups in total. The maximum atomic E-state index is 11.5. The van der Waals surface area contributed by atoms with E-state index >= 15 is 0 Å². The molecule has 0 aromatic heterocycles. The van der Waals surface area contributed by atoms with Gasteiger partial charge in [0.05, 0.1) is 0 Å². The Morgan fingerprint density at radius 3 is 2.13 bits per heavy atom. The van der Waals surface area contributed by atoms with Crippen molar-refractivity contribution >= 4 is 5.97 Å². The van der Waals surface area contributed by atoms with Gasteiger partial charge in [-0.1, -0.05) is 54.6 Å². The normalized spacial score (nSPS) is 10.3. The van der Waals surface area contributed by atoms with Crippen LogP contribution in [0, 0.1) is 0 Å². The van der Waals surface area contributed by atoms with Crippen LogP contribution in [0.5, 0.6) is 11.5 Å². The standard InChI is InChI=1S/C20H16O3/c21-20(22)18-14-16(13-15-7-3-1-4-8-15)11-12-19(18)23-17-9-5-2-6-10-17/h1-12,14H,13H2,(H,21,22). The molecule has 23 heavy (non-hydrogen) atoms. The van der Waals surface area contributed by atoms with Gasteiger partial charge in [0.25, 0.3) is 0 Å². The minimum absolute atomic E-state index is 0.169. The maximum absolute atomic E-state index is 11.5. The van der Waals surface area contributed by atoms with Crippen LogP contribution >= 0.6 is 0 Å². The van der Waals surface area contributed by atoms with E-state index in [0.717, 1.165) is 11.1 Å². The van der Waals surface area contributed by atoms with Crippen LogP contribution in [0.25, 0.3) is 0 Å². The fraction of sp³-hybridized carbons (Fsp3) is 0.0500. The molecule has 0 amide bonds. The number of hydrogen-bond acceptors (Lipinski definition) is 2. The Morgan fingerprint density at radius 2 is 1.48 bits per heavy atom. The number of carboxylic acid groups (broad SMARTS) is 1. The van der Waals surface area contributed by atoms with E-state index in [1.54, 1.807) is 24.3 Å². The zero-order chi connectivity index (χ0) is 16.1. The monoisotopic (exact) mass is 304 g/mol. The molecular formula is C20H16O3. The van der Waals surface area contributed by atoms with Gasteiger partial charge in [0.15, 0.2) is 0 Å². The molecule has 0 atom stereocenters. The van der Waals surface area contributed by atoms with Crippen molar-refractivity contribution in [3.05, 3.63) is 95.6 Å². The van der Waals surface area contributed by atoms with Crippen molar-refractivity contribution in [2.24, 2.45) is 0 Å². The van der Waals surface area contributed by atoms with Gasteiger partial charge in [0, 0.05) is 0 Å². The van der Waals surface area contributed by atoms with Crippen molar-refractivity contribution in [3.8, 4) is 11.5 Å². The molecule has 0 heterocycles. The van der Waals surface area contributed by atoms with E-state index in [4.69, 9.17) is 4.74 Å². The lowest BCUT2D eigenvalue weighted by Gasteiger charge is -2.10. The average molecular weight is 304 g/mol. The van der Waals surface area contributed by atoms with Crippen LogP contribution in [0.2, 0.25) is 0 Å². The lowest BCUT2D eigenvalue weighted by atomic mass is 10.0. The van der Waals surface area contributed by atoms with E-state index < -0.39 is 5.97 Å². The molecule has 3 heteroatoms. The summed E-state index contributed by atoms with van der Waals surface area (Å²) in [7, 11) is 0. The van der Waals surface area contributed by atoms with Crippen molar-refractivity contribution in [1.29, 1.82) is 0 Å². The Labute approximate surface area is 134 Å². The second kappa shape index (κ2) is 6.79. The maximum Gasteiger partial charge on any atom is 0.339 e. The lowest BCUT2D eigenvalue weighted by molar-refractivity contribution is 0.0694. The van der Waals surface area contributed by atoms with E-state index in [9.17, 15) is 9.90 Å². The third-order valence-electron chi connectivity index (χ3n) is 3.50. The van der Waals surface area contributed by atoms with Gasteiger partial charge in [0.2, 0.25) is 0 Å². The predicted molar refractivity (Wildman–Crippen MR) is 89.2 cm³/mol. The summed E-state index contributed by atoms with van der Waals surface area (Å²) in [6.45, 7) is 0. The highest BCUT2D eigenvalue weighted by Crippen LogP contribution is 2.27. The molecule has 3 aromatic rings. The second-order valence-corrected chi connectivity index (χ2v) is 5.21. The second-order valence-electron chi connectivity index (χ2n) is 5.21. The van der Waals surface area contributed by atoms with Gasteiger partial charge in [-0.15, -0.1) is 0 Å². The van der Waals surface area contributed by atoms with Crippen molar-refractivity contribution in [2.45, 2.75) is 6.42 Å². The van der Waals surface area contributed by atoms with Gasteiger partial charge in [0.1, 0.15) is 17.1 Å². The summed E-state index contributed by atoms with van der Waals surface area (Å²) >= 11 is 0. The molecule has 0 aliphatic rings. The zero-order valence-electron chi connectivity index (χ0n) is 12.5. The molecule has 0 aliphatic heterocycles. The quantitative estimate of drug-likeness (QED) is 0.738. The van der Waals surface area contributed by atoms with Crippen molar-refractivity contribution in [1.82, 2.24) is 0 Å². The highest BCUT2D eigenvalue weighted by Gasteiger charge is 2.13. The first-order chi connectivity index (χ1) is 11.2. The molecule has 3 aromatic carbocycles. The molecule has 0 radical (unpaired) electrons. The summed E-state index contributed by atoms with van der Waals surface area (Å²) in [5, 5.41) is 9.45. The van der Waals surface area contributed by atoms with E-state index in [-0.39, 0.29) is 5.56 Å². The molecule has 3 rings (SSSR count). The lowest BCUT2D eigenvalue weighted by Crippen LogP contribution is -2.02. The third-order valence-corrected chi connectivity index (χ3v) is 3.50. The fourth-order valence-electron chi connectivity index (χ4n) is 2.39. The minimum atomic E-state index is -0.995. The first-order valence-corrected chi connectivity index (χ1v) is 7.35. The number of carbonyl (C=O) groups is 1. The average Bonchev–Trinajstić information content (AvgIpc) is 2.58. The number of benzene rings is 3. The number of para-hydroxylation sites is 1. The smallest absolute Gasteiger partial charge is 0.339 e. The fourth-order valence-corrected chi connectivity index (χ4v) is 2.39. The van der Waals surface area contributed by atoms with Crippen LogP contribution < -0.4 is 4.74 Å². The van der Waals surface area contributed by atoms with Gasteiger partial charge in [-0.25, -0.2) is 4.79 Å². The molecule has 0 saturated carbocycles. The number of aromatic carboxylic acids is 1. The minimum Gasteiger partial charge on any atom is -0.478 e. The Hall–Kier alpha value is -3.07. The van der Waals surface area contributed by atoms with Crippen LogP contribution in [0.15, 0.2) is 78.9 Å². The number of carboxylic acids is 1. The van der Waals surface area contributed by atoms with Gasteiger partial charge < -0.3 is 9.84 Å². The summed E-state index contributed by atoms with van der Waals surface area (Å²) in [6, 6.07) is 24.4. The zero-order valence-corrected chi connectivity index (χ0v) is 12.5. The molecule has 0 saturated heterocycles. The van der Waals surface area contributed by atoms with Gasteiger partial charge in [-0.3, -0.25) is 0 Å². The van der Waals surface area contributed by atoms with Gasteiger partial charge in [-0.05, 0) is 41.8 Å². The van der Waals surface area contributed by atoms with Crippen molar-refractivity contribution in [2.75, 3.05) is 0 Å². The van der Waals surface area contributed by atoms with E-state index in [1.165, 1.54) is 0 Å². The molecule has 0 spiro atoms. The summed E-state index contributed by atoms with van der Waals surface area (Å²) in [4.78, 5) is 11.5. The summed E-state index contributed by atoms with van der Waals surface area (Å²) in [5.74, 6) is -0.0304. The summed E-state index contributed by atoms with van der Waals surface area (Å²) in [5.41, 5.74) is 2.25. The number of hydrogen-bond donors (Lipinski definition) is 1. The van der Waals surface area contributed by atoms with Crippen LogP contribution in [0.3, 0.4) is 0 Å². The van der Waals surface area contributed by atoms with Crippen LogP contribution in [-0.4, -0.2) is 11.1 Å². The Kier molecular flexibility index (Phi) is 4.39. The van der Waals surface area contributed by atoms with Crippen LogP contribution in [0.4, 0.5) is 0 Å². The number of rotatable bonds is 5. The molecule has 3 nitrogen and oxygen atoms in total. The molecule has 114 valence electrons. The highest BCUT2D eigenvalue weighted by atomic mass is 16.5. The third kappa shape index (κ3) is 3.77. The molecular weight excluding hydrogens is 288 g/mol. The van der Waals surface area contributed by atoms with Gasteiger partial charge >= 0.3 is 5.97 Å². The van der Waals surface area contributed by atoms with Crippen molar-refractivity contribution in [3.63, 3.8) is 0 Å². The van der Waals surface area contributed by atoms with E-state index in [0.29, 0.717) is 17.9 Å². The summed E-state index contributed by atoms with van der Waals surface area (Å²) in [6.07, 6.45) is 0.687. The topological polar surface area (TPSA) is 46.5 Å². The Balaban J connectivity index is 1.88. The largest absolute Gasteiger partial charge is 0.478 e. The van der Waals surface area contributed by atoms with Gasteiger partial charge in [-0.2, -0.15) is 0 Å². The number of ether oxygens (including phenoxy) is 1.